The summed E-state index contributed by atoms with van der Waals surface area (Å²) >= 11 is 1.46. The van der Waals surface area contributed by atoms with Crippen LogP contribution >= 0.6 is 11.8 Å². The highest BCUT2D eigenvalue weighted by Gasteiger charge is 2.05. The van der Waals surface area contributed by atoms with Gasteiger partial charge < -0.3 is 0 Å². The van der Waals surface area contributed by atoms with Gasteiger partial charge in [-0.05, 0) is 12.5 Å². The van der Waals surface area contributed by atoms with Crippen molar-refractivity contribution in [3.8, 4) is 12.1 Å². The number of rotatable bonds is 4. The molecule has 5 heteroatoms. The van der Waals surface area contributed by atoms with Gasteiger partial charge >= 0.3 is 0 Å². The lowest BCUT2D eigenvalue weighted by Crippen LogP contribution is -1.95. The Bertz CT molecular complexity index is 337. The van der Waals surface area contributed by atoms with Crippen LogP contribution in [0.5, 0.6) is 0 Å². The van der Waals surface area contributed by atoms with Crippen molar-refractivity contribution in [3.63, 3.8) is 0 Å². The highest BCUT2D eigenvalue weighted by atomic mass is 32.2. The molecule has 0 radical (unpaired) electrons. The average Bonchev–Trinajstić information content (AvgIpc) is 2.26. The normalized spacial score (nSPS) is 9.36. The van der Waals surface area contributed by atoms with E-state index >= 15 is 0 Å². The lowest BCUT2D eigenvalue weighted by Gasteiger charge is -1.98. The molecule has 14 heavy (non-hydrogen) atoms. The third-order valence-corrected chi connectivity index (χ3v) is 2.40. The van der Waals surface area contributed by atoms with Crippen LogP contribution in [0.3, 0.4) is 0 Å². The Morgan fingerprint density at radius 3 is 2.50 bits per heavy atom. The molecule has 0 fully saturated rings. The van der Waals surface area contributed by atoms with Crippen molar-refractivity contribution in [3.05, 3.63) is 18.5 Å². The van der Waals surface area contributed by atoms with Crippen LogP contribution in [0.2, 0.25) is 0 Å². The van der Waals surface area contributed by atoms with Crippen LogP contribution in [-0.4, -0.2) is 15.7 Å². The van der Waals surface area contributed by atoms with Crippen LogP contribution in [0.4, 0.5) is 0 Å². The minimum Gasteiger partial charge on any atom is -0.231 e. The van der Waals surface area contributed by atoms with Crippen LogP contribution in [0.15, 0.2) is 23.6 Å². The third kappa shape index (κ3) is 3.42. The standard InChI is InChI=1S/C9H8N4S/c10-6-8(7-11)2-5-14-9-12-3-1-4-13-9/h1,3-4,8H,2,5H2. The van der Waals surface area contributed by atoms with Gasteiger partial charge in [0.1, 0.15) is 5.92 Å². The lowest BCUT2D eigenvalue weighted by atomic mass is 10.1. The second-order valence-corrected chi connectivity index (χ2v) is 3.54. The predicted molar refractivity (Wildman–Crippen MR) is 52.1 cm³/mol. The largest absolute Gasteiger partial charge is 0.231 e. The first-order valence-electron chi connectivity index (χ1n) is 4.06. The molecule has 1 aromatic heterocycles. The fourth-order valence-corrected chi connectivity index (χ4v) is 1.59. The maximum Gasteiger partial charge on any atom is 0.187 e. The fraction of sp³-hybridized carbons (Fsp3) is 0.333. The monoisotopic (exact) mass is 204 g/mol. The van der Waals surface area contributed by atoms with E-state index in [0.29, 0.717) is 17.3 Å². The van der Waals surface area contributed by atoms with E-state index < -0.39 is 5.92 Å². The Labute approximate surface area is 86.6 Å². The molecular weight excluding hydrogens is 196 g/mol. The molecule has 1 heterocycles. The molecule has 0 saturated carbocycles. The second kappa shape index (κ2) is 5.95. The first-order chi connectivity index (χ1) is 6.86. The molecule has 0 spiro atoms. The lowest BCUT2D eigenvalue weighted by molar-refractivity contribution is 0.808. The Kier molecular flexibility index (Phi) is 4.46. The van der Waals surface area contributed by atoms with Crippen molar-refractivity contribution < 1.29 is 0 Å². The highest BCUT2D eigenvalue weighted by molar-refractivity contribution is 7.99. The summed E-state index contributed by atoms with van der Waals surface area (Å²) in [6.45, 7) is 0. The van der Waals surface area contributed by atoms with Crippen LogP contribution < -0.4 is 0 Å². The maximum absolute atomic E-state index is 8.51. The Balaban J connectivity index is 2.30. The van der Waals surface area contributed by atoms with E-state index in [2.05, 4.69) is 9.97 Å². The number of aromatic nitrogens is 2. The van der Waals surface area contributed by atoms with E-state index in [-0.39, 0.29) is 0 Å². The molecule has 0 saturated heterocycles. The van der Waals surface area contributed by atoms with Crippen LogP contribution in [0.25, 0.3) is 0 Å². The fourth-order valence-electron chi connectivity index (χ4n) is 0.786. The van der Waals surface area contributed by atoms with Gasteiger partial charge in [0, 0.05) is 18.1 Å². The molecule has 0 aromatic carbocycles. The summed E-state index contributed by atoms with van der Waals surface area (Å²) in [5.74, 6) is 0.168. The predicted octanol–water partition coefficient (Wildman–Crippen LogP) is 1.62. The van der Waals surface area contributed by atoms with Crippen molar-refractivity contribution in [2.45, 2.75) is 11.6 Å². The van der Waals surface area contributed by atoms with Crippen molar-refractivity contribution >= 4 is 11.8 Å². The van der Waals surface area contributed by atoms with Gasteiger partial charge in [-0.15, -0.1) is 0 Å². The van der Waals surface area contributed by atoms with Gasteiger partial charge in [0.2, 0.25) is 0 Å². The topological polar surface area (TPSA) is 73.4 Å². The van der Waals surface area contributed by atoms with Gasteiger partial charge in [-0.25, -0.2) is 9.97 Å². The van der Waals surface area contributed by atoms with E-state index in [1.165, 1.54) is 11.8 Å². The van der Waals surface area contributed by atoms with Crippen LogP contribution in [-0.2, 0) is 0 Å². The smallest absolute Gasteiger partial charge is 0.187 e. The summed E-state index contributed by atoms with van der Waals surface area (Å²) in [4.78, 5) is 8.03. The summed E-state index contributed by atoms with van der Waals surface area (Å²) in [6, 6.07) is 5.59. The molecule has 1 rings (SSSR count). The molecular formula is C9H8N4S. The van der Waals surface area contributed by atoms with E-state index in [0.717, 1.165) is 0 Å². The van der Waals surface area contributed by atoms with Gasteiger partial charge in [0.15, 0.2) is 5.16 Å². The first kappa shape index (κ1) is 10.5. The van der Waals surface area contributed by atoms with Crippen molar-refractivity contribution in [1.82, 2.24) is 9.97 Å². The second-order valence-electron chi connectivity index (χ2n) is 2.48. The van der Waals surface area contributed by atoms with Crippen molar-refractivity contribution in [2.75, 3.05) is 5.75 Å². The average molecular weight is 204 g/mol. The maximum atomic E-state index is 8.51. The summed E-state index contributed by atoms with van der Waals surface area (Å²) in [7, 11) is 0. The van der Waals surface area contributed by atoms with Crippen LogP contribution in [0.1, 0.15) is 6.42 Å². The van der Waals surface area contributed by atoms with E-state index in [1.54, 1.807) is 18.5 Å². The molecule has 0 bridgehead atoms. The first-order valence-corrected chi connectivity index (χ1v) is 5.04. The molecule has 4 nitrogen and oxygen atoms in total. The molecule has 1 aromatic rings. The van der Waals surface area contributed by atoms with E-state index in [4.69, 9.17) is 10.5 Å². The van der Waals surface area contributed by atoms with Gasteiger partial charge in [-0.1, -0.05) is 11.8 Å². The zero-order valence-corrected chi connectivity index (χ0v) is 8.24. The molecule has 0 N–H and O–H groups in total. The molecule has 0 atom stereocenters. The van der Waals surface area contributed by atoms with Gasteiger partial charge in [-0.3, -0.25) is 0 Å². The number of hydrogen-bond acceptors (Lipinski definition) is 5. The number of nitrogens with zero attached hydrogens (tertiary/aromatic N) is 4. The zero-order chi connectivity index (χ0) is 10.2. The molecule has 0 aliphatic carbocycles. The quantitative estimate of drug-likeness (QED) is 0.550. The summed E-state index contributed by atoms with van der Waals surface area (Å²) in [5, 5.41) is 17.7. The van der Waals surface area contributed by atoms with Crippen molar-refractivity contribution in [1.29, 1.82) is 10.5 Å². The van der Waals surface area contributed by atoms with Crippen molar-refractivity contribution in [2.24, 2.45) is 5.92 Å². The third-order valence-electron chi connectivity index (χ3n) is 1.49. The zero-order valence-electron chi connectivity index (χ0n) is 7.42. The van der Waals surface area contributed by atoms with Crippen LogP contribution in [0, 0.1) is 28.6 Å². The highest BCUT2D eigenvalue weighted by Crippen LogP contribution is 2.14. The minimum atomic E-state index is -0.522. The Hall–Kier alpha value is -1.59. The molecule has 0 aliphatic rings. The van der Waals surface area contributed by atoms with Gasteiger partial charge in [0.25, 0.3) is 0 Å². The summed E-state index contributed by atoms with van der Waals surface area (Å²) in [6.07, 6.45) is 3.89. The molecule has 70 valence electrons. The minimum absolute atomic E-state index is 0.522. The van der Waals surface area contributed by atoms with Gasteiger partial charge in [0.05, 0.1) is 12.1 Å². The Morgan fingerprint density at radius 1 is 1.29 bits per heavy atom. The molecule has 0 aliphatic heterocycles. The SMILES string of the molecule is N#CC(C#N)CCSc1ncccn1. The molecule has 0 amide bonds. The molecule has 0 unspecified atom stereocenters. The van der Waals surface area contributed by atoms with E-state index in [1.807, 2.05) is 12.1 Å². The van der Waals surface area contributed by atoms with E-state index in [9.17, 15) is 0 Å². The number of nitriles is 2. The van der Waals surface area contributed by atoms with Gasteiger partial charge in [-0.2, -0.15) is 10.5 Å². The summed E-state index contributed by atoms with van der Waals surface area (Å²) in [5.41, 5.74) is 0. The number of hydrogen-bond donors (Lipinski definition) is 0. The number of thioether (sulfide) groups is 1. The Morgan fingerprint density at radius 2 is 1.93 bits per heavy atom. The summed E-state index contributed by atoms with van der Waals surface area (Å²) < 4.78 is 0.